The summed E-state index contributed by atoms with van der Waals surface area (Å²) in [6.07, 6.45) is -10.8. The number of amides is 2. The largest absolute Gasteiger partial charge is 0.394 e. The summed E-state index contributed by atoms with van der Waals surface area (Å²) >= 11 is 4.04. The molecular formula is C18H32N2O11S. The van der Waals surface area contributed by atoms with Gasteiger partial charge in [-0.1, -0.05) is 0 Å². The molecule has 10 atom stereocenters. The summed E-state index contributed by atoms with van der Waals surface area (Å²) in [7, 11) is 0. The lowest BCUT2D eigenvalue weighted by molar-refractivity contribution is -0.331. The number of hydrogen-bond donors (Lipinski definition) is 8. The van der Waals surface area contributed by atoms with Crippen molar-refractivity contribution in [2.24, 2.45) is 0 Å². The van der Waals surface area contributed by atoms with E-state index < -0.39 is 86.3 Å². The first-order chi connectivity index (χ1) is 15.1. The highest BCUT2D eigenvalue weighted by molar-refractivity contribution is 7.80. The molecule has 2 rings (SSSR count). The normalized spacial score (nSPS) is 40.0. The highest BCUT2D eigenvalue weighted by Crippen LogP contribution is 2.29. The van der Waals surface area contributed by atoms with Crippen LogP contribution in [0.2, 0.25) is 0 Å². The lowest BCUT2D eigenvalue weighted by Gasteiger charge is -2.48. The molecule has 2 saturated heterocycles. The lowest BCUT2D eigenvalue weighted by Crippen LogP contribution is -2.69. The quantitative estimate of drug-likeness (QED) is 0.148. The predicted octanol–water partition coefficient (Wildman–Crippen LogP) is -4.16. The van der Waals surface area contributed by atoms with E-state index in [2.05, 4.69) is 23.3 Å². The van der Waals surface area contributed by atoms with E-state index in [0.717, 1.165) is 0 Å². The van der Waals surface area contributed by atoms with E-state index in [9.17, 15) is 35.1 Å². The Labute approximate surface area is 190 Å². The van der Waals surface area contributed by atoms with Gasteiger partial charge >= 0.3 is 0 Å². The maximum Gasteiger partial charge on any atom is 0.217 e. The third-order valence-electron chi connectivity index (χ3n) is 5.14. The van der Waals surface area contributed by atoms with Gasteiger partial charge in [-0.05, 0) is 0 Å². The van der Waals surface area contributed by atoms with E-state index in [-0.39, 0.29) is 6.61 Å². The van der Waals surface area contributed by atoms with Crippen molar-refractivity contribution in [2.75, 3.05) is 25.6 Å². The average Bonchev–Trinajstić information content (AvgIpc) is 2.74. The lowest BCUT2D eigenvalue weighted by atomic mass is 9.94. The van der Waals surface area contributed by atoms with Crippen LogP contribution >= 0.6 is 12.6 Å². The first-order valence-corrected chi connectivity index (χ1v) is 10.8. The Balaban J connectivity index is 2.29. The molecule has 7 N–H and O–H groups in total. The van der Waals surface area contributed by atoms with Crippen LogP contribution in [0.3, 0.4) is 0 Å². The number of thiol groups is 1. The first kappa shape index (κ1) is 27.2. The van der Waals surface area contributed by atoms with Gasteiger partial charge in [-0.15, -0.1) is 0 Å². The molecular weight excluding hydrogens is 452 g/mol. The number of rotatable bonds is 9. The van der Waals surface area contributed by atoms with Crippen molar-refractivity contribution in [1.29, 1.82) is 0 Å². The highest BCUT2D eigenvalue weighted by atomic mass is 32.1. The number of aliphatic hydroxyl groups excluding tert-OH is 5. The van der Waals surface area contributed by atoms with E-state index in [1.165, 1.54) is 13.8 Å². The maximum atomic E-state index is 11.7. The molecule has 0 aliphatic carbocycles. The summed E-state index contributed by atoms with van der Waals surface area (Å²) < 4.78 is 22.5. The molecule has 0 aromatic rings. The van der Waals surface area contributed by atoms with Crippen molar-refractivity contribution in [2.45, 2.75) is 75.1 Å². The molecule has 0 bridgehead atoms. The summed E-state index contributed by atoms with van der Waals surface area (Å²) in [6.45, 7) is 1.28. The van der Waals surface area contributed by atoms with Crippen LogP contribution in [0.15, 0.2) is 0 Å². The molecule has 2 heterocycles. The molecule has 0 aromatic heterocycles. The standard InChI is InChI=1S/C18H32N2O11S/c1-7(23)19-11-14(26)13(25)9(5-21)29-18(11)31-16-10(6-22)30-17(28-3-4-32)12(15(16)27)20-8(2)24/h9-18,21-22,25-27,32H,3-6H2,1-2H3,(H,19,23)(H,20,24)/t9-,10-,11-,12-,13+,14-,15-,16-,17-,18+/m1/s1. The van der Waals surface area contributed by atoms with Gasteiger partial charge in [-0.2, -0.15) is 12.6 Å². The minimum atomic E-state index is -1.57. The van der Waals surface area contributed by atoms with Crippen LogP contribution < -0.4 is 10.6 Å². The third kappa shape index (κ3) is 6.50. The number of carbonyl (C=O) groups is 2. The van der Waals surface area contributed by atoms with Crippen molar-refractivity contribution in [1.82, 2.24) is 10.6 Å². The summed E-state index contributed by atoms with van der Waals surface area (Å²) in [4.78, 5) is 23.3. The molecule has 0 aromatic carbocycles. The van der Waals surface area contributed by atoms with Gasteiger partial charge in [0.15, 0.2) is 12.6 Å². The van der Waals surface area contributed by atoms with Crippen LogP contribution in [-0.2, 0) is 28.5 Å². The summed E-state index contributed by atoms with van der Waals surface area (Å²) in [6, 6.07) is -2.36. The van der Waals surface area contributed by atoms with Crippen molar-refractivity contribution < 1.29 is 54.1 Å². The number of ether oxygens (including phenoxy) is 4. The zero-order chi connectivity index (χ0) is 24.0. The maximum absolute atomic E-state index is 11.7. The molecule has 13 nitrogen and oxygen atoms in total. The van der Waals surface area contributed by atoms with Gasteiger partial charge in [0.2, 0.25) is 11.8 Å². The monoisotopic (exact) mass is 484 g/mol. The molecule has 0 spiro atoms. The number of carbonyl (C=O) groups excluding carboxylic acids is 2. The van der Waals surface area contributed by atoms with Crippen molar-refractivity contribution in [3.05, 3.63) is 0 Å². The molecule has 2 fully saturated rings. The van der Waals surface area contributed by atoms with Crippen LogP contribution in [0.4, 0.5) is 0 Å². The van der Waals surface area contributed by atoms with E-state index in [1.54, 1.807) is 0 Å². The molecule has 2 aliphatic heterocycles. The van der Waals surface area contributed by atoms with Crippen LogP contribution in [0.5, 0.6) is 0 Å². The topological polar surface area (TPSA) is 196 Å². The summed E-state index contributed by atoms with van der Waals surface area (Å²) in [5, 5.41) is 55.7. The summed E-state index contributed by atoms with van der Waals surface area (Å²) in [5.41, 5.74) is 0. The second-order valence-electron chi connectivity index (χ2n) is 7.57. The van der Waals surface area contributed by atoms with Crippen LogP contribution in [0.1, 0.15) is 13.8 Å². The van der Waals surface area contributed by atoms with Gasteiger partial charge in [0.05, 0.1) is 19.8 Å². The fourth-order valence-electron chi connectivity index (χ4n) is 3.68. The fraction of sp³-hybridized carbons (Fsp3) is 0.889. The SMILES string of the molecule is CC(=O)N[C@H]1[C@H](OCCS)O[C@H](CO)[C@@H](O[C@@H]2O[C@H](CO)[C@H](O)[C@H](O)[C@H]2NC(C)=O)[C@@H]1O. The molecule has 0 saturated carbocycles. The van der Waals surface area contributed by atoms with Gasteiger partial charge in [-0.3, -0.25) is 9.59 Å². The molecule has 186 valence electrons. The molecule has 14 heteroatoms. The Kier molecular flexibility index (Phi) is 10.5. The van der Waals surface area contributed by atoms with Crippen LogP contribution in [0.25, 0.3) is 0 Å². The molecule has 0 unspecified atom stereocenters. The predicted molar refractivity (Wildman–Crippen MR) is 109 cm³/mol. The average molecular weight is 485 g/mol. The minimum absolute atomic E-state index is 0.138. The highest BCUT2D eigenvalue weighted by Gasteiger charge is 2.51. The molecule has 2 aliphatic rings. The Morgan fingerprint density at radius 3 is 1.91 bits per heavy atom. The molecule has 32 heavy (non-hydrogen) atoms. The third-order valence-corrected chi connectivity index (χ3v) is 5.32. The van der Waals surface area contributed by atoms with E-state index >= 15 is 0 Å². The minimum Gasteiger partial charge on any atom is -0.394 e. The zero-order valence-electron chi connectivity index (χ0n) is 17.7. The van der Waals surface area contributed by atoms with Gasteiger partial charge in [0.1, 0.15) is 48.7 Å². The smallest absolute Gasteiger partial charge is 0.217 e. The molecule has 2 amide bonds. The van der Waals surface area contributed by atoms with Crippen LogP contribution in [0, 0.1) is 0 Å². The Hall–Kier alpha value is -1.07. The number of hydrogen-bond acceptors (Lipinski definition) is 12. The fourth-order valence-corrected chi connectivity index (χ4v) is 3.78. The zero-order valence-corrected chi connectivity index (χ0v) is 18.6. The molecule has 0 radical (unpaired) electrons. The van der Waals surface area contributed by atoms with Gasteiger partial charge in [-0.25, -0.2) is 0 Å². The van der Waals surface area contributed by atoms with E-state index in [0.29, 0.717) is 5.75 Å². The van der Waals surface area contributed by atoms with E-state index in [1.807, 2.05) is 0 Å². The van der Waals surface area contributed by atoms with Crippen molar-refractivity contribution in [3.63, 3.8) is 0 Å². The first-order valence-electron chi connectivity index (χ1n) is 10.1. The van der Waals surface area contributed by atoms with Gasteiger partial charge < -0.3 is 55.1 Å². The Morgan fingerprint density at radius 1 is 0.875 bits per heavy atom. The van der Waals surface area contributed by atoms with E-state index in [4.69, 9.17) is 18.9 Å². The second kappa shape index (κ2) is 12.4. The van der Waals surface area contributed by atoms with Crippen molar-refractivity contribution in [3.8, 4) is 0 Å². The Bertz CT molecular complexity index is 630. The van der Waals surface area contributed by atoms with Gasteiger partial charge in [0.25, 0.3) is 0 Å². The number of nitrogens with one attached hydrogen (secondary N) is 2. The van der Waals surface area contributed by atoms with Crippen LogP contribution in [-0.4, -0.2) is 124 Å². The summed E-state index contributed by atoms with van der Waals surface area (Å²) in [5.74, 6) is -0.706. The van der Waals surface area contributed by atoms with Gasteiger partial charge in [0, 0.05) is 19.6 Å². The number of aliphatic hydroxyl groups is 5. The Morgan fingerprint density at radius 2 is 1.41 bits per heavy atom. The second-order valence-corrected chi connectivity index (χ2v) is 8.02. The van der Waals surface area contributed by atoms with Crippen molar-refractivity contribution >= 4 is 24.4 Å².